The van der Waals surface area contributed by atoms with E-state index in [-0.39, 0.29) is 11.4 Å². The fourth-order valence-corrected chi connectivity index (χ4v) is 5.22. The Kier molecular flexibility index (Phi) is 6.64. The lowest BCUT2D eigenvalue weighted by Gasteiger charge is -2.20. The molecule has 2 aliphatic heterocycles. The van der Waals surface area contributed by atoms with Crippen LogP contribution in [0.25, 0.3) is 16.8 Å². The number of benzene rings is 3. The molecule has 39 heavy (non-hydrogen) atoms. The Hall–Kier alpha value is -4.76. The number of carbonyl (C=O) groups excluding carboxylic acids is 1. The fraction of sp³-hybridized carbons (Fsp3) is 0.100. The number of nitrogens with zero attached hydrogens (tertiary/aromatic N) is 4. The molecule has 192 valence electrons. The molecule has 0 bridgehead atoms. The van der Waals surface area contributed by atoms with Crippen molar-refractivity contribution in [3.8, 4) is 11.5 Å². The number of amides is 1. The molecule has 3 heterocycles. The van der Waals surface area contributed by atoms with E-state index in [4.69, 9.17) is 14.9 Å². The number of fused-ring (bicyclic) bond motifs is 2. The summed E-state index contributed by atoms with van der Waals surface area (Å²) in [5.41, 5.74) is 2.70. The molecule has 0 fully saturated rings. The fourth-order valence-electron chi connectivity index (χ4n) is 4.34. The van der Waals surface area contributed by atoms with Crippen molar-refractivity contribution in [3.05, 3.63) is 107 Å². The number of nitrogens with one attached hydrogen (secondary N) is 1. The van der Waals surface area contributed by atoms with E-state index in [1.165, 1.54) is 16.8 Å². The van der Waals surface area contributed by atoms with Crippen LogP contribution in [0.5, 0.6) is 11.5 Å². The number of pyridine rings is 1. The first-order valence-electron chi connectivity index (χ1n) is 12.4. The van der Waals surface area contributed by atoms with E-state index in [2.05, 4.69) is 39.3 Å². The van der Waals surface area contributed by atoms with Crippen molar-refractivity contribution in [3.63, 3.8) is 0 Å². The number of aliphatic imine (C=N–C) groups is 1. The van der Waals surface area contributed by atoms with E-state index in [0.29, 0.717) is 40.5 Å². The standard InChI is InChI=1S/C30H23N5O3S/c1-2-37-26-16-19(12-13-25(26)38-18-22-9-5-8-20-7-3-4-11-23(20)22)15-24-27(31)35-30(33-28(24)36)39-29(34-35)21-10-6-14-32-17-21/h3-17,31H,2,18H2,1H3/b24-15+,31-27?. The van der Waals surface area contributed by atoms with Gasteiger partial charge in [-0.3, -0.25) is 15.2 Å². The number of ether oxygens (including phenoxy) is 2. The summed E-state index contributed by atoms with van der Waals surface area (Å²) < 4.78 is 12.0. The molecule has 3 aromatic carbocycles. The van der Waals surface area contributed by atoms with Gasteiger partial charge in [-0.05, 0) is 70.9 Å². The van der Waals surface area contributed by atoms with Crippen molar-refractivity contribution in [2.45, 2.75) is 13.5 Å². The summed E-state index contributed by atoms with van der Waals surface area (Å²) in [7, 11) is 0. The highest BCUT2D eigenvalue weighted by molar-refractivity contribution is 8.27. The van der Waals surface area contributed by atoms with Crippen LogP contribution in [0.1, 0.15) is 23.6 Å². The normalized spacial score (nSPS) is 15.8. The van der Waals surface area contributed by atoms with E-state index in [0.717, 1.165) is 21.9 Å². The maximum absolute atomic E-state index is 12.9. The van der Waals surface area contributed by atoms with Crippen molar-refractivity contribution in [2.75, 3.05) is 6.61 Å². The van der Waals surface area contributed by atoms with Crippen molar-refractivity contribution in [1.82, 2.24) is 9.99 Å². The zero-order valence-electron chi connectivity index (χ0n) is 21.0. The highest BCUT2D eigenvalue weighted by Gasteiger charge is 2.36. The Bertz CT molecular complexity index is 1690. The number of aromatic nitrogens is 1. The van der Waals surface area contributed by atoms with E-state index in [1.807, 2.05) is 49.4 Å². The zero-order chi connectivity index (χ0) is 26.8. The highest BCUT2D eigenvalue weighted by atomic mass is 32.2. The number of hydrogen-bond donors (Lipinski definition) is 1. The third-order valence-corrected chi connectivity index (χ3v) is 7.16. The number of hydrazone groups is 1. The average molecular weight is 534 g/mol. The van der Waals surface area contributed by atoms with Gasteiger partial charge in [0.05, 0.1) is 12.2 Å². The Labute approximate surface area is 229 Å². The summed E-state index contributed by atoms with van der Waals surface area (Å²) >= 11 is 1.24. The van der Waals surface area contributed by atoms with Crippen molar-refractivity contribution in [2.24, 2.45) is 10.1 Å². The largest absolute Gasteiger partial charge is 0.490 e. The third-order valence-electron chi connectivity index (χ3n) is 6.20. The van der Waals surface area contributed by atoms with E-state index >= 15 is 0 Å². The van der Waals surface area contributed by atoms with E-state index in [9.17, 15) is 4.79 Å². The maximum atomic E-state index is 12.9. The lowest BCUT2D eigenvalue weighted by atomic mass is 10.1. The Morgan fingerprint density at radius 1 is 1.00 bits per heavy atom. The van der Waals surface area contributed by atoms with Crippen LogP contribution < -0.4 is 9.47 Å². The first kappa shape index (κ1) is 24.6. The molecule has 1 aromatic heterocycles. The molecule has 1 N–H and O–H groups in total. The van der Waals surface area contributed by atoms with E-state index < -0.39 is 5.91 Å². The monoisotopic (exact) mass is 533 g/mol. The highest BCUT2D eigenvalue weighted by Crippen LogP contribution is 2.33. The third kappa shape index (κ3) is 4.92. The maximum Gasteiger partial charge on any atom is 0.283 e. The molecule has 0 spiro atoms. The summed E-state index contributed by atoms with van der Waals surface area (Å²) in [6.07, 6.45) is 4.99. The van der Waals surface area contributed by atoms with Crippen LogP contribution >= 0.6 is 11.8 Å². The van der Waals surface area contributed by atoms with Gasteiger partial charge in [-0.2, -0.15) is 15.1 Å². The number of hydrogen-bond acceptors (Lipinski definition) is 7. The van der Waals surface area contributed by atoms with Gasteiger partial charge < -0.3 is 9.47 Å². The molecule has 9 heteroatoms. The smallest absolute Gasteiger partial charge is 0.283 e. The number of thioether (sulfide) groups is 1. The zero-order valence-corrected chi connectivity index (χ0v) is 21.8. The molecule has 0 radical (unpaired) electrons. The average Bonchev–Trinajstić information content (AvgIpc) is 3.40. The number of carbonyl (C=O) groups is 1. The molecule has 0 saturated heterocycles. The quantitative estimate of drug-likeness (QED) is 0.298. The predicted molar refractivity (Wildman–Crippen MR) is 154 cm³/mol. The van der Waals surface area contributed by atoms with Gasteiger partial charge in [0.1, 0.15) is 11.7 Å². The Balaban J connectivity index is 1.25. The minimum Gasteiger partial charge on any atom is -0.490 e. The van der Waals surface area contributed by atoms with Crippen LogP contribution in [0.3, 0.4) is 0 Å². The molecule has 0 atom stereocenters. The van der Waals surface area contributed by atoms with E-state index in [1.54, 1.807) is 24.5 Å². The minimum absolute atomic E-state index is 0.0365. The van der Waals surface area contributed by atoms with Crippen LogP contribution in [-0.2, 0) is 11.4 Å². The van der Waals surface area contributed by atoms with Gasteiger partial charge in [-0.1, -0.05) is 48.5 Å². The Morgan fingerprint density at radius 3 is 2.72 bits per heavy atom. The lowest BCUT2D eigenvalue weighted by Crippen LogP contribution is -2.35. The van der Waals surface area contributed by atoms with Gasteiger partial charge in [0, 0.05) is 18.0 Å². The molecular formula is C30H23N5O3S. The van der Waals surface area contributed by atoms with Crippen molar-refractivity contribution in [1.29, 1.82) is 5.41 Å². The summed E-state index contributed by atoms with van der Waals surface area (Å²) in [6, 6.07) is 23.5. The predicted octanol–water partition coefficient (Wildman–Crippen LogP) is 5.88. The van der Waals surface area contributed by atoms with Gasteiger partial charge in [0.2, 0.25) is 5.17 Å². The number of rotatable bonds is 7. The molecule has 0 saturated carbocycles. The first-order valence-corrected chi connectivity index (χ1v) is 13.2. The second kappa shape index (κ2) is 10.5. The molecule has 4 aromatic rings. The van der Waals surface area contributed by atoms with Crippen molar-refractivity contribution < 1.29 is 14.3 Å². The second-order valence-corrected chi connectivity index (χ2v) is 9.69. The molecular weight excluding hydrogens is 510 g/mol. The molecule has 2 aliphatic rings. The van der Waals surface area contributed by atoms with Crippen molar-refractivity contribution >= 4 is 50.6 Å². The van der Waals surface area contributed by atoms with Crippen LogP contribution in [0.15, 0.2) is 101 Å². The van der Waals surface area contributed by atoms with Gasteiger partial charge >= 0.3 is 0 Å². The second-order valence-electron chi connectivity index (χ2n) is 8.73. The summed E-state index contributed by atoms with van der Waals surface area (Å²) in [4.78, 5) is 21.2. The van der Waals surface area contributed by atoms with Crippen LogP contribution in [-0.4, -0.2) is 38.6 Å². The summed E-state index contributed by atoms with van der Waals surface area (Å²) in [5, 5.41) is 17.8. The molecule has 1 amide bonds. The Morgan fingerprint density at radius 2 is 1.87 bits per heavy atom. The van der Waals surface area contributed by atoms with Gasteiger partial charge in [-0.15, -0.1) is 0 Å². The van der Waals surface area contributed by atoms with Crippen LogP contribution in [0.4, 0.5) is 0 Å². The molecule has 6 rings (SSSR count). The first-order chi connectivity index (χ1) is 19.1. The topological polar surface area (TPSA) is 100 Å². The summed E-state index contributed by atoms with van der Waals surface area (Å²) in [6.45, 7) is 2.73. The number of amidine groups is 2. The molecule has 0 unspecified atom stereocenters. The SMILES string of the molecule is CCOc1cc(/C=C2\C(=N)N3N=C(c4cccnc4)SC3=NC2=O)ccc1OCc1cccc2ccccc12. The van der Waals surface area contributed by atoms with Crippen LogP contribution in [0, 0.1) is 5.41 Å². The molecule has 8 nitrogen and oxygen atoms in total. The van der Waals surface area contributed by atoms with Gasteiger partial charge in [-0.25, -0.2) is 0 Å². The summed E-state index contributed by atoms with van der Waals surface area (Å²) in [5.74, 6) is 0.625. The molecule has 0 aliphatic carbocycles. The lowest BCUT2D eigenvalue weighted by molar-refractivity contribution is -0.114. The van der Waals surface area contributed by atoms with Gasteiger partial charge in [0.15, 0.2) is 17.3 Å². The van der Waals surface area contributed by atoms with Gasteiger partial charge in [0.25, 0.3) is 5.91 Å². The van der Waals surface area contributed by atoms with Crippen LogP contribution in [0.2, 0.25) is 0 Å². The minimum atomic E-state index is -0.490.